The summed E-state index contributed by atoms with van der Waals surface area (Å²) in [4.78, 5) is 11.4. The Hall–Kier alpha value is -0.610. The van der Waals surface area contributed by atoms with Gasteiger partial charge in [0, 0.05) is 13.2 Å². The second-order valence-electron chi connectivity index (χ2n) is 4.97. The van der Waals surface area contributed by atoms with Crippen LogP contribution in [0.3, 0.4) is 0 Å². The van der Waals surface area contributed by atoms with Gasteiger partial charge >= 0.3 is 0 Å². The highest BCUT2D eigenvalue weighted by molar-refractivity contribution is 5.77. The van der Waals surface area contributed by atoms with Gasteiger partial charge in [0.05, 0.1) is 5.60 Å². The quantitative estimate of drug-likeness (QED) is 0.668. The van der Waals surface area contributed by atoms with Crippen molar-refractivity contribution in [3.63, 3.8) is 0 Å². The molecule has 4 nitrogen and oxygen atoms in total. The highest BCUT2D eigenvalue weighted by Gasteiger charge is 2.29. The maximum atomic E-state index is 11.4. The van der Waals surface area contributed by atoms with Gasteiger partial charge < -0.3 is 15.2 Å². The maximum Gasteiger partial charge on any atom is 0.246 e. The van der Waals surface area contributed by atoms with Gasteiger partial charge in [0.1, 0.15) is 6.61 Å². The summed E-state index contributed by atoms with van der Waals surface area (Å²) >= 11 is 0. The normalized spacial score (nSPS) is 18.9. The van der Waals surface area contributed by atoms with Crippen LogP contribution in [0.4, 0.5) is 0 Å². The van der Waals surface area contributed by atoms with Crippen molar-refractivity contribution in [3.05, 3.63) is 0 Å². The Kier molecular flexibility index (Phi) is 6.52. The molecule has 1 rings (SSSR count). The lowest BCUT2D eigenvalue weighted by Crippen LogP contribution is -2.45. The summed E-state index contributed by atoms with van der Waals surface area (Å²) < 4.78 is 5.21. The van der Waals surface area contributed by atoms with Crippen LogP contribution >= 0.6 is 0 Å². The monoisotopic (exact) mass is 243 g/mol. The number of rotatable bonds is 7. The minimum absolute atomic E-state index is 0.107. The predicted molar refractivity (Wildman–Crippen MR) is 66.8 cm³/mol. The summed E-state index contributed by atoms with van der Waals surface area (Å²) in [5.41, 5.74) is -0.683. The van der Waals surface area contributed by atoms with Gasteiger partial charge in [0.25, 0.3) is 0 Å². The average molecular weight is 243 g/mol. The van der Waals surface area contributed by atoms with Gasteiger partial charge in [-0.15, -0.1) is 0 Å². The first kappa shape index (κ1) is 14.5. The molecule has 2 N–H and O–H groups in total. The highest BCUT2D eigenvalue weighted by Crippen LogP contribution is 2.27. The highest BCUT2D eigenvalue weighted by atomic mass is 16.5. The standard InChI is InChI=1S/C13H25NO3/c1-2-3-9-17-10-12(15)14-11-13(16)7-5-4-6-8-13/h16H,2-11H2,1H3,(H,14,15). The molecule has 0 radical (unpaired) electrons. The second-order valence-corrected chi connectivity index (χ2v) is 4.97. The van der Waals surface area contributed by atoms with Crippen LogP contribution in [0.25, 0.3) is 0 Å². The number of amides is 1. The molecule has 0 atom stereocenters. The Morgan fingerprint density at radius 2 is 2.06 bits per heavy atom. The van der Waals surface area contributed by atoms with Crippen LogP contribution in [-0.2, 0) is 9.53 Å². The van der Waals surface area contributed by atoms with E-state index < -0.39 is 5.60 Å². The molecule has 1 saturated carbocycles. The van der Waals surface area contributed by atoms with E-state index >= 15 is 0 Å². The molecule has 0 aromatic carbocycles. The number of hydrogen-bond donors (Lipinski definition) is 2. The minimum Gasteiger partial charge on any atom is -0.388 e. The van der Waals surface area contributed by atoms with E-state index in [0.29, 0.717) is 13.2 Å². The molecule has 1 fully saturated rings. The van der Waals surface area contributed by atoms with Crippen LogP contribution in [0.5, 0.6) is 0 Å². The van der Waals surface area contributed by atoms with Gasteiger partial charge in [-0.05, 0) is 19.3 Å². The van der Waals surface area contributed by atoms with Crippen molar-refractivity contribution in [3.8, 4) is 0 Å². The fourth-order valence-corrected chi connectivity index (χ4v) is 2.11. The van der Waals surface area contributed by atoms with Gasteiger partial charge in [0.2, 0.25) is 5.91 Å². The molecule has 17 heavy (non-hydrogen) atoms. The Morgan fingerprint density at radius 3 is 2.71 bits per heavy atom. The zero-order valence-electron chi connectivity index (χ0n) is 10.8. The molecule has 0 aliphatic heterocycles. The molecule has 1 aliphatic rings. The molecule has 1 amide bonds. The van der Waals surface area contributed by atoms with Crippen molar-refractivity contribution in [2.45, 2.75) is 57.5 Å². The Labute approximate surface area is 104 Å². The van der Waals surface area contributed by atoms with E-state index in [9.17, 15) is 9.90 Å². The number of hydrogen-bond acceptors (Lipinski definition) is 3. The van der Waals surface area contributed by atoms with Crippen LogP contribution in [-0.4, -0.2) is 36.4 Å². The van der Waals surface area contributed by atoms with Crippen LogP contribution in [0.2, 0.25) is 0 Å². The molecule has 1 aliphatic carbocycles. The first-order valence-electron chi connectivity index (χ1n) is 6.73. The molecule has 0 saturated heterocycles. The van der Waals surface area contributed by atoms with Gasteiger partial charge in [-0.2, -0.15) is 0 Å². The van der Waals surface area contributed by atoms with Crippen LogP contribution < -0.4 is 5.32 Å². The van der Waals surface area contributed by atoms with Gasteiger partial charge in [-0.1, -0.05) is 32.6 Å². The number of carbonyl (C=O) groups excluding carboxylic acids is 1. The van der Waals surface area contributed by atoms with Crippen molar-refractivity contribution in [1.29, 1.82) is 0 Å². The van der Waals surface area contributed by atoms with E-state index in [1.54, 1.807) is 0 Å². The number of unbranched alkanes of at least 4 members (excludes halogenated alkanes) is 1. The van der Waals surface area contributed by atoms with Gasteiger partial charge in [0.15, 0.2) is 0 Å². The topological polar surface area (TPSA) is 58.6 Å². The zero-order valence-corrected chi connectivity index (χ0v) is 10.8. The molecule has 0 heterocycles. The fourth-order valence-electron chi connectivity index (χ4n) is 2.11. The van der Waals surface area contributed by atoms with Gasteiger partial charge in [-0.25, -0.2) is 0 Å². The second kappa shape index (κ2) is 7.67. The zero-order chi connectivity index (χ0) is 12.6. The number of carbonyl (C=O) groups is 1. The third-order valence-electron chi connectivity index (χ3n) is 3.27. The van der Waals surface area contributed by atoms with E-state index in [4.69, 9.17) is 4.74 Å². The lowest BCUT2D eigenvalue weighted by Gasteiger charge is -2.32. The Balaban J connectivity index is 2.10. The molecule has 0 bridgehead atoms. The van der Waals surface area contributed by atoms with Crippen molar-refractivity contribution in [1.82, 2.24) is 5.32 Å². The van der Waals surface area contributed by atoms with E-state index in [2.05, 4.69) is 12.2 Å². The average Bonchev–Trinajstić information content (AvgIpc) is 2.33. The Morgan fingerprint density at radius 1 is 1.35 bits per heavy atom. The summed E-state index contributed by atoms with van der Waals surface area (Å²) in [5, 5.41) is 12.9. The lowest BCUT2D eigenvalue weighted by molar-refractivity contribution is -0.127. The van der Waals surface area contributed by atoms with Crippen molar-refractivity contribution < 1.29 is 14.6 Å². The minimum atomic E-state index is -0.683. The van der Waals surface area contributed by atoms with Crippen molar-refractivity contribution in [2.75, 3.05) is 19.8 Å². The molecule has 0 aromatic heterocycles. The summed E-state index contributed by atoms with van der Waals surface area (Å²) in [7, 11) is 0. The van der Waals surface area contributed by atoms with E-state index in [1.807, 2.05) is 0 Å². The largest absolute Gasteiger partial charge is 0.388 e. The third-order valence-corrected chi connectivity index (χ3v) is 3.27. The molecular weight excluding hydrogens is 218 g/mol. The SMILES string of the molecule is CCCCOCC(=O)NCC1(O)CCCCC1. The predicted octanol–water partition coefficient (Wildman–Crippen LogP) is 1.61. The van der Waals surface area contributed by atoms with E-state index in [-0.39, 0.29) is 12.5 Å². The summed E-state index contributed by atoms with van der Waals surface area (Å²) in [6, 6.07) is 0. The van der Waals surface area contributed by atoms with Gasteiger partial charge in [-0.3, -0.25) is 4.79 Å². The number of ether oxygens (including phenoxy) is 1. The third kappa shape index (κ3) is 6.03. The maximum absolute atomic E-state index is 11.4. The van der Waals surface area contributed by atoms with E-state index in [0.717, 1.165) is 38.5 Å². The first-order chi connectivity index (χ1) is 8.16. The molecular formula is C13H25NO3. The summed E-state index contributed by atoms with van der Waals surface area (Å²) in [5.74, 6) is -0.125. The first-order valence-corrected chi connectivity index (χ1v) is 6.73. The summed E-state index contributed by atoms with van der Waals surface area (Å²) in [6.45, 7) is 3.19. The molecule has 0 spiro atoms. The van der Waals surface area contributed by atoms with E-state index in [1.165, 1.54) is 6.42 Å². The number of aliphatic hydroxyl groups is 1. The van der Waals surface area contributed by atoms with Crippen LogP contribution in [0, 0.1) is 0 Å². The smallest absolute Gasteiger partial charge is 0.246 e. The van der Waals surface area contributed by atoms with Crippen LogP contribution in [0.1, 0.15) is 51.9 Å². The lowest BCUT2D eigenvalue weighted by atomic mass is 9.85. The molecule has 0 aromatic rings. The molecule has 4 heteroatoms. The van der Waals surface area contributed by atoms with Crippen LogP contribution in [0.15, 0.2) is 0 Å². The molecule has 0 unspecified atom stereocenters. The van der Waals surface area contributed by atoms with Crippen molar-refractivity contribution >= 4 is 5.91 Å². The molecule has 100 valence electrons. The summed E-state index contributed by atoms with van der Waals surface area (Å²) in [6.07, 6.45) is 6.95. The Bertz CT molecular complexity index is 225. The fraction of sp³-hybridized carbons (Fsp3) is 0.923. The number of nitrogens with one attached hydrogen (secondary N) is 1. The van der Waals surface area contributed by atoms with Crippen molar-refractivity contribution in [2.24, 2.45) is 0 Å².